The van der Waals surface area contributed by atoms with Crippen LogP contribution in [0.15, 0.2) is 6.07 Å². The fourth-order valence-electron chi connectivity index (χ4n) is 4.26. The summed E-state index contributed by atoms with van der Waals surface area (Å²) in [4.78, 5) is 22.4. The van der Waals surface area contributed by atoms with Crippen LogP contribution in [-0.4, -0.2) is 74.0 Å². The summed E-state index contributed by atoms with van der Waals surface area (Å²) in [5, 5.41) is 0. The highest BCUT2D eigenvalue weighted by molar-refractivity contribution is 7.14. The van der Waals surface area contributed by atoms with Gasteiger partial charge in [0.05, 0.1) is 4.88 Å². The highest BCUT2D eigenvalue weighted by Gasteiger charge is 2.31. The fraction of sp³-hybridized carbons (Fsp3) is 0.773. The number of rotatable bonds is 4. The molecule has 1 aromatic rings. The van der Waals surface area contributed by atoms with Gasteiger partial charge >= 0.3 is 0 Å². The lowest BCUT2D eigenvalue weighted by atomic mass is 9.72. The first kappa shape index (κ1) is 20.8. The van der Waals surface area contributed by atoms with Gasteiger partial charge in [-0.2, -0.15) is 0 Å². The van der Waals surface area contributed by atoms with Crippen molar-refractivity contribution in [2.24, 2.45) is 11.3 Å². The van der Waals surface area contributed by atoms with Gasteiger partial charge < -0.3 is 14.7 Å². The first-order chi connectivity index (χ1) is 12.7. The minimum atomic E-state index is 0.260. The summed E-state index contributed by atoms with van der Waals surface area (Å²) in [6.45, 7) is 13.1. The summed E-state index contributed by atoms with van der Waals surface area (Å²) in [7, 11) is 4.24. The number of hydrogen-bond acceptors (Lipinski definition) is 4. The van der Waals surface area contributed by atoms with E-state index in [-0.39, 0.29) is 5.91 Å². The molecular weight excluding hydrogens is 354 g/mol. The second kappa shape index (κ2) is 8.62. The van der Waals surface area contributed by atoms with Gasteiger partial charge in [-0.25, -0.2) is 0 Å². The monoisotopic (exact) mass is 391 g/mol. The summed E-state index contributed by atoms with van der Waals surface area (Å²) in [6.07, 6.45) is 4.63. The van der Waals surface area contributed by atoms with Gasteiger partial charge in [-0.1, -0.05) is 20.8 Å². The Hall–Kier alpha value is -0.910. The molecule has 1 saturated heterocycles. The number of thiophene rings is 1. The van der Waals surface area contributed by atoms with E-state index in [9.17, 15) is 4.79 Å². The minimum absolute atomic E-state index is 0.260. The molecule has 0 bridgehead atoms. The van der Waals surface area contributed by atoms with Crippen LogP contribution in [0, 0.1) is 11.3 Å². The Morgan fingerprint density at radius 2 is 2.00 bits per heavy atom. The molecule has 27 heavy (non-hydrogen) atoms. The first-order valence-corrected chi connectivity index (χ1v) is 11.3. The number of aryl methyl sites for hydroxylation is 1. The zero-order valence-corrected chi connectivity index (χ0v) is 18.7. The van der Waals surface area contributed by atoms with Crippen molar-refractivity contribution in [1.82, 2.24) is 14.7 Å². The molecule has 152 valence electrons. The Kier molecular flexibility index (Phi) is 6.65. The number of hydrogen-bond donors (Lipinski definition) is 0. The molecule has 3 rings (SSSR count). The number of amides is 1. The molecule has 1 unspecified atom stereocenters. The Morgan fingerprint density at radius 3 is 2.70 bits per heavy atom. The van der Waals surface area contributed by atoms with E-state index in [4.69, 9.17) is 0 Å². The molecule has 1 aromatic heterocycles. The third-order valence-corrected chi connectivity index (χ3v) is 7.48. The lowest BCUT2D eigenvalue weighted by molar-refractivity contribution is 0.0766. The average Bonchev–Trinajstić information content (AvgIpc) is 2.88. The molecular formula is C22H37N3OS. The molecule has 1 atom stereocenters. The highest BCUT2D eigenvalue weighted by Crippen LogP contribution is 2.40. The number of carbonyl (C=O) groups is 1. The van der Waals surface area contributed by atoms with E-state index in [2.05, 4.69) is 55.6 Å². The predicted octanol–water partition coefficient (Wildman–Crippen LogP) is 3.61. The van der Waals surface area contributed by atoms with Crippen LogP contribution in [0.1, 0.15) is 53.7 Å². The highest BCUT2D eigenvalue weighted by atomic mass is 32.1. The Labute approximate surface area is 169 Å². The molecule has 0 radical (unpaired) electrons. The van der Waals surface area contributed by atoms with Crippen molar-refractivity contribution in [2.75, 3.05) is 53.4 Å². The third kappa shape index (κ3) is 5.33. The van der Waals surface area contributed by atoms with E-state index in [0.29, 0.717) is 5.41 Å². The molecule has 0 spiro atoms. The van der Waals surface area contributed by atoms with Crippen molar-refractivity contribution in [3.8, 4) is 0 Å². The second-order valence-corrected chi connectivity index (χ2v) is 10.8. The number of carbonyl (C=O) groups excluding carboxylic acids is 1. The average molecular weight is 392 g/mol. The van der Waals surface area contributed by atoms with Crippen LogP contribution in [0.3, 0.4) is 0 Å². The SMILES string of the molecule is CN(C)CCN1CCCN(C(=O)c2cc3c(s2)CCC(C(C)(C)C)C3)CC1. The van der Waals surface area contributed by atoms with E-state index < -0.39 is 0 Å². The van der Waals surface area contributed by atoms with Crippen LogP contribution >= 0.6 is 11.3 Å². The second-order valence-electron chi connectivity index (χ2n) is 9.66. The van der Waals surface area contributed by atoms with Crippen LogP contribution in [-0.2, 0) is 12.8 Å². The van der Waals surface area contributed by atoms with E-state index in [1.807, 2.05) is 0 Å². The van der Waals surface area contributed by atoms with Gasteiger partial charge in [0.2, 0.25) is 0 Å². The zero-order chi connectivity index (χ0) is 19.6. The Bertz CT molecular complexity index is 646. The predicted molar refractivity (Wildman–Crippen MR) is 115 cm³/mol. The van der Waals surface area contributed by atoms with Crippen molar-refractivity contribution >= 4 is 17.2 Å². The largest absolute Gasteiger partial charge is 0.337 e. The summed E-state index contributed by atoms with van der Waals surface area (Å²) >= 11 is 1.76. The minimum Gasteiger partial charge on any atom is -0.337 e. The molecule has 1 amide bonds. The van der Waals surface area contributed by atoms with Gasteiger partial charge in [0, 0.05) is 37.6 Å². The summed E-state index contributed by atoms with van der Waals surface area (Å²) in [5.41, 5.74) is 1.79. The van der Waals surface area contributed by atoms with Crippen LogP contribution in [0.5, 0.6) is 0 Å². The van der Waals surface area contributed by atoms with Crippen molar-refractivity contribution in [2.45, 2.75) is 46.5 Å². The van der Waals surface area contributed by atoms with Gasteiger partial charge in [-0.05, 0) is 69.3 Å². The van der Waals surface area contributed by atoms with Crippen LogP contribution in [0.4, 0.5) is 0 Å². The zero-order valence-electron chi connectivity index (χ0n) is 17.9. The normalized spacial score (nSPS) is 22.0. The summed E-state index contributed by atoms with van der Waals surface area (Å²) in [5.74, 6) is 0.988. The maximum Gasteiger partial charge on any atom is 0.263 e. The van der Waals surface area contributed by atoms with Crippen molar-refractivity contribution < 1.29 is 4.79 Å². The standard InChI is InChI=1S/C22H37N3OS/c1-22(2,3)18-7-8-19-17(15-18)16-20(27-19)21(26)25-10-6-9-24(13-14-25)12-11-23(4)5/h16,18H,6-15H2,1-5H3. The Morgan fingerprint density at radius 1 is 1.22 bits per heavy atom. The van der Waals surface area contributed by atoms with Gasteiger partial charge in [-0.15, -0.1) is 11.3 Å². The molecule has 0 saturated carbocycles. The molecule has 2 aliphatic rings. The van der Waals surface area contributed by atoms with E-state index in [0.717, 1.165) is 69.3 Å². The van der Waals surface area contributed by atoms with Gasteiger partial charge in [-0.3, -0.25) is 4.79 Å². The smallest absolute Gasteiger partial charge is 0.263 e. The third-order valence-electron chi connectivity index (χ3n) is 6.26. The number of nitrogens with zero attached hydrogens (tertiary/aromatic N) is 3. The first-order valence-electron chi connectivity index (χ1n) is 10.5. The lowest BCUT2D eigenvalue weighted by Crippen LogP contribution is -2.37. The van der Waals surface area contributed by atoms with E-state index in [1.165, 1.54) is 16.9 Å². The molecule has 0 N–H and O–H groups in total. The number of fused-ring (bicyclic) bond motifs is 1. The molecule has 4 nitrogen and oxygen atoms in total. The maximum atomic E-state index is 13.1. The van der Waals surface area contributed by atoms with Gasteiger partial charge in [0.25, 0.3) is 5.91 Å². The summed E-state index contributed by atoms with van der Waals surface area (Å²) < 4.78 is 0. The van der Waals surface area contributed by atoms with E-state index >= 15 is 0 Å². The maximum absolute atomic E-state index is 13.1. The molecule has 0 aromatic carbocycles. The topological polar surface area (TPSA) is 26.8 Å². The van der Waals surface area contributed by atoms with Gasteiger partial charge in [0.1, 0.15) is 0 Å². The fourth-order valence-corrected chi connectivity index (χ4v) is 5.44. The van der Waals surface area contributed by atoms with Crippen LogP contribution in [0.2, 0.25) is 0 Å². The van der Waals surface area contributed by atoms with Crippen molar-refractivity contribution in [3.63, 3.8) is 0 Å². The van der Waals surface area contributed by atoms with Gasteiger partial charge in [0.15, 0.2) is 0 Å². The van der Waals surface area contributed by atoms with Crippen molar-refractivity contribution in [3.05, 3.63) is 21.4 Å². The van der Waals surface area contributed by atoms with Crippen molar-refractivity contribution in [1.29, 1.82) is 0 Å². The molecule has 2 heterocycles. The van der Waals surface area contributed by atoms with E-state index in [1.54, 1.807) is 11.3 Å². The number of likely N-dealkylation sites (N-methyl/N-ethyl adjacent to an activating group) is 1. The molecule has 1 fully saturated rings. The molecule has 1 aliphatic heterocycles. The quantitative estimate of drug-likeness (QED) is 0.784. The Balaban J connectivity index is 1.61. The molecule has 5 heteroatoms. The van der Waals surface area contributed by atoms with Crippen LogP contribution in [0.25, 0.3) is 0 Å². The van der Waals surface area contributed by atoms with Crippen LogP contribution < -0.4 is 0 Å². The lowest BCUT2D eigenvalue weighted by Gasteiger charge is -2.33. The summed E-state index contributed by atoms with van der Waals surface area (Å²) in [6, 6.07) is 2.22. The molecule has 1 aliphatic carbocycles.